The zero-order chi connectivity index (χ0) is 17.8. The first-order valence-corrected chi connectivity index (χ1v) is 9.79. The molecule has 0 aliphatic heterocycles. The number of nitrogens with zero attached hydrogens (tertiary/aromatic N) is 1. The molecule has 0 bridgehead atoms. The molecule has 5 nitrogen and oxygen atoms in total. The highest BCUT2D eigenvalue weighted by Crippen LogP contribution is 2.10. The van der Waals surface area contributed by atoms with E-state index in [-0.39, 0.29) is 35.8 Å². The van der Waals surface area contributed by atoms with E-state index >= 15 is 0 Å². The Hall–Kier alpha value is -0.960. The summed E-state index contributed by atoms with van der Waals surface area (Å²) < 4.78 is 0. The normalized spacial score (nSPS) is 11.0. The molecule has 25 heavy (non-hydrogen) atoms. The number of thioether (sulfide) groups is 1. The third-order valence-electron chi connectivity index (χ3n) is 3.50. The van der Waals surface area contributed by atoms with Crippen molar-refractivity contribution in [3.05, 3.63) is 29.8 Å². The molecule has 0 saturated carbocycles. The van der Waals surface area contributed by atoms with Crippen molar-refractivity contribution < 1.29 is 4.79 Å². The van der Waals surface area contributed by atoms with Crippen LogP contribution in [-0.2, 0) is 11.3 Å². The molecule has 3 N–H and O–H groups in total. The van der Waals surface area contributed by atoms with Gasteiger partial charge in [0.2, 0.25) is 5.91 Å². The van der Waals surface area contributed by atoms with Crippen LogP contribution < -0.4 is 16.0 Å². The second-order valence-corrected chi connectivity index (χ2v) is 6.88. The van der Waals surface area contributed by atoms with E-state index in [9.17, 15) is 4.79 Å². The van der Waals surface area contributed by atoms with Gasteiger partial charge in [0, 0.05) is 31.7 Å². The fraction of sp³-hybridized carbons (Fsp3) is 0.556. The van der Waals surface area contributed by atoms with Gasteiger partial charge < -0.3 is 16.0 Å². The maximum absolute atomic E-state index is 11.7. The summed E-state index contributed by atoms with van der Waals surface area (Å²) in [5.74, 6) is 2.04. The summed E-state index contributed by atoms with van der Waals surface area (Å²) in [7, 11) is 1.78. The van der Waals surface area contributed by atoms with E-state index in [2.05, 4.69) is 27.2 Å². The van der Waals surface area contributed by atoms with Crippen molar-refractivity contribution in [2.45, 2.75) is 33.2 Å². The van der Waals surface area contributed by atoms with Crippen LogP contribution in [0, 0.1) is 5.92 Å². The zero-order valence-electron chi connectivity index (χ0n) is 15.6. The van der Waals surface area contributed by atoms with Gasteiger partial charge in [-0.15, -0.1) is 24.0 Å². The van der Waals surface area contributed by atoms with Crippen molar-refractivity contribution in [2.24, 2.45) is 10.9 Å². The van der Waals surface area contributed by atoms with Crippen LogP contribution in [0.3, 0.4) is 0 Å². The quantitative estimate of drug-likeness (QED) is 0.219. The smallest absolute Gasteiger partial charge is 0.226 e. The van der Waals surface area contributed by atoms with Crippen LogP contribution in [0.15, 0.2) is 29.3 Å². The molecule has 142 valence electrons. The molecule has 0 unspecified atom stereocenters. The average molecular weight is 478 g/mol. The van der Waals surface area contributed by atoms with E-state index in [1.807, 2.05) is 49.9 Å². The minimum Gasteiger partial charge on any atom is -0.356 e. The molecule has 7 heteroatoms. The number of benzene rings is 1. The fourth-order valence-electron chi connectivity index (χ4n) is 1.98. The predicted molar refractivity (Wildman–Crippen MR) is 121 cm³/mol. The highest BCUT2D eigenvalue weighted by molar-refractivity contribution is 14.0. The minimum atomic E-state index is -0.0170. The summed E-state index contributed by atoms with van der Waals surface area (Å²) in [5.41, 5.74) is 1.97. The zero-order valence-corrected chi connectivity index (χ0v) is 18.7. The maximum atomic E-state index is 11.7. The lowest BCUT2D eigenvalue weighted by Gasteiger charge is -2.12. The van der Waals surface area contributed by atoms with E-state index in [0.29, 0.717) is 6.54 Å². The third-order valence-corrected chi connectivity index (χ3v) is 4.19. The van der Waals surface area contributed by atoms with Gasteiger partial charge in [-0.05, 0) is 42.5 Å². The first-order chi connectivity index (χ1) is 11.6. The lowest BCUT2D eigenvalue weighted by molar-refractivity contribution is -0.118. The lowest BCUT2D eigenvalue weighted by Crippen LogP contribution is -2.37. The Kier molecular flexibility index (Phi) is 13.7. The van der Waals surface area contributed by atoms with Crippen molar-refractivity contribution >= 4 is 53.3 Å². The molecular formula is C18H31IN4OS. The summed E-state index contributed by atoms with van der Waals surface area (Å²) in [6.07, 6.45) is 4.49. The topological polar surface area (TPSA) is 65.5 Å². The average Bonchev–Trinajstić information content (AvgIpc) is 2.58. The lowest BCUT2D eigenvalue weighted by atomic mass is 10.1. The van der Waals surface area contributed by atoms with Gasteiger partial charge in [-0.1, -0.05) is 26.0 Å². The molecule has 1 aromatic carbocycles. The molecule has 0 atom stereocenters. The Morgan fingerprint density at radius 2 is 1.84 bits per heavy atom. The van der Waals surface area contributed by atoms with Gasteiger partial charge in [-0.3, -0.25) is 9.79 Å². The summed E-state index contributed by atoms with van der Waals surface area (Å²) in [6, 6.07) is 7.87. The van der Waals surface area contributed by atoms with E-state index in [0.717, 1.165) is 30.2 Å². The standard InChI is InChI=1S/C18H30N4OS.HI/c1-14(2)17(23)22-16-9-7-15(8-10-16)13-21-18(19-3)20-11-5-6-12-24-4;/h7-10,14H,5-6,11-13H2,1-4H3,(H,22,23)(H2,19,20,21);1H. The maximum Gasteiger partial charge on any atom is 0.226 e. The van der Waals surface area contributed by atoms with Gasteiger partial charge in [0.1, 0.15) is 0 Å². The molecule has 0 aliphatic carbocycles. The van der Waals surface area contributed by atoms with Crippen LogP contribution in [0.25, 0.3) is 0 Å². The van der Waals surface area contributed by atoms with Crippen LogP contribution in [0.5, 0.6) is 0 Å². The van der Waals surface area contributed by atoms with Crippen molar-refractivity contribution in [3.8, 4) is 0 Å². The van der Waals surface area contributed by atoms with Gasteiger partial charge >= 0.3 is 0 Å². The van der Waals surface area contributed by atoms with Gasteiger partial charge in [0.15, 0.2) is 5.96 Å². The highest BCUT2D eigenvalue weighted by Gasteiger charge is 2.06. The minimum absolute atomic E-state index is 0. The number of rotatable bonds is 9. The van der Waals surface area contributed by atoms with Crippen LogP contribution in [0.4, 0.5) is 5.69 Å². The van der Waals surface area contributed by atoms with E-state index in [1.165, 1.54) is 12.2 Å². The second-order valence-electron chi connectivity index (χ2n) is 5.89. The van der Waals surface area contributed by atoms with Crippen LogP contribution in [0.2, 0.25) is 0 Å². The monoisotopic (exact) mass is 478 g/mol. The Morgan fingerprint density at radius 3 is 2.40 bits per heavy atom. The molecule has 0 spiro atoms. The van der Waals surface area contributed by atoms with Crippen molar-refractivity contribution in [1.29, 1.82) is 0 Å². The van der Waals surface area contributed by atoms with Crippen LogP contribution in [-0.4, -0.2) is 37.5 Å². The number of unbranched alkanes of at least 4 members (excludes halogenated alkanes) is 1. The number of guanidine groups is 1. The number of carbonyl (C=O) groups is 1. The summed E-state index contributed by atoms with van der Waals surface area (Å²) in [5, 5.41) is 9.51. The number of amides is 1. The molecule has 0 radical (unpaired) electrons. The largest absolute Gasteiger partial charge is 0.356 e. The molecule has 0 aliphatic rings. The van der Waals surface area contributed by atoms with Crippen LogP contribution in [0.1, 0.15) is 32.3 Å². The fourth-order valence-corrected chi connectivity index (χ4v) is 2.47. The summed E-state index contributed by atoms with van der Waals surface area (Å²) in [6.45, 7) is 5.39. The van der Waals surface area contributed by atoms with Crippen molar-refractivity contribution in [1.82, 2.24) is 10.6 Å². The van der Waals surface area contributed by atoms with Crippen molar-refractivity contribution in [3.63, 3.8) is 0 Å². The number of halogens is 1. The Labute approximate surface area is 173 Å². The third kappa shape index (κ3) is 10.6. The number of carbonyl (C=O) groups excluding carboxylic acids is 1. The molecule has 0 heterocycles. The van der Waals surface area contributed by atoms with Crippen LogP contribution >= 0.6 is 35.7 Å². The number of hydrogen-bond acceptors (Lipinski definition) is 3. The van der Waals surface area contributed by atoms with Gasteiger partial charge in [-0.2, -0.15) is 11.8 Å². The molecule has 0 saturated heterocycles. The number of hydrogen-bond donors (Lipinski definition) is 3. The van der Waals surface area contributed by atoms with E-state index in [1.54, 1.807) is 7.05 Å². The van der Waals surface area contributed by atoms with Crippen molar-refractivity contribution in [2.75, 3.05) is 30.9 Å². The Bertz CT molecular complexity index is 520. The first kappa shape index (κ1) is 24.0. The predicted octanol–water partition coefficient (Wildman–Crippen LogP) is 3.71. The van der Waals surface area contributed by atoms with E-state index < -0.39 is 0 Å². The second kappa shape index (κ2) is 14.2. The molecule has 1 amide bonds. The Balaban J connectivity index is 0.00000576. The molecule has 1 aromatic rings. The molecule has 0 aromatic heterocycles. The molecule has 0 fully saturated rings. The number of aliphatic imine (C=N–C) groups is 1. The highest BCUT2D eigenvalue weighted by atomic mass is 127. The van der Waals surface area contributed by atoms with Gasteiger partial charge in [-0.25, -0.2) is 0 Å². The van der Waals surface area contributed by atoms with Gasteiger partial charge in [0.05, 0.1) is 0 Å². The first-order valence-electron chi connectivity index (χ1n) is 8.40. The Morgan fingerprint density at radius 1 is 1.16 bits per heavy atom. The molecule has 1 rings (SSSR count). The van der Waals surface area contributed by atoms with Gasteiger partial charge in [0.25, 0.3) is 0 Å². The summed E-state index contributed by atoms with van der Waals surface area (Å²) in [4.78, 5) is 15.9. The SMILES string of the molecule is CN=C(NCCCCSC)NCc1ccc(NC(=O)C(C)C)cc1.I. The van der Waals surface area contributed by atoms with E-state index in [4.69, 9.17) is 0 Å². The molecular weight excluding hydrogens is 447 g/mol. The number of anilines is 1. The number of nitrogens with one attached hydrogen (secondary N) is 3. The summed E-state index contributed by atoms with van der Waals surface area (Å²) >= 11 is 1.88.